The fraction of sp³-hybridized carbons (Fsp3) is 0.724. The van der Waals surface area contributed by atoms with Crippen LogP contribution in [0.1, 0.15) is 111 Å². The van der Waals surface area contributed by atoms with E-state index in [4.69, 9.17) is 23.9 Å². The molecule has 2 saturated heterocycles. The molecule has 246 valence electrons. The second kappa shape index (κ2) is 16.8. The van der Waals surface area contributed by atoms with Gasteiger partial charge in [0.2, 0.25) is 0 Å². The normalized spacial score (nSPS) is 15.5. The van der Waals surface area contributed by atoms with E-state index in [0.717, 1.165) is 0 Å². The molecule has 2 aliphatic heterocycles. The highest BCUT2D eigenvalue weighted by Crippen LogP contribution is 2.21. The van der Waals surface area contributed by atoms with Gasteiger partial charge in [-0.25, -0.2) is 9.59 Å². The van der Waals surface area contributed by atoms with Crippen molar-refractivity contribution in [3.8, 4) is 0 Å². The van der Waals surface area contributed by atoms with Gasteiger partial charge < -0.3 is 23.9 Å². The average Bonchev–Trinajstić information content (AvgIpc) is 3.42. The van der Waals surface area contributed by atoms with Gasteiger partial charge in [0, 0.05) is 57.8 Å². The van der Waals surface area contributed by atoms with Crippen LogP contribution in [-0.4, -0.2) is 82.0 Å². The van der Waals surface area contributed by atoms with Gasteiger partial charge in [-0.1, -0.05) is 0 Å². The van der Waals surface area contributed by atoms with Crippen LogP contribution >= 0.6 is 0 Å². The molecule has 0 unspecified atom stereocenters. The second-order valence-corrected chi connectivity index (χ2v) is 11.8. The second-order valence-electron chi connectivity index (χ2n) is 11.8. The molecule has 0 aromatic rings. The van der Waals surface area contributed by atoms with Crippen molar-refractivity contribution in [1.29, 1.82) is 0 Å². The summed E-state index contributed by atoms with van der Waals surface area (Å²) in [6, 6.07) is 0. The van der Waals surface area contributed by atoms with Gasteiger partial charge in [0.05, 0.1) is 18.8 Å². The fourth-order valence-electron chi connectivity index (χ4n) is 4.00. The van der Waals surface area contributed by atoms with Crippen LogP contribution < -0.4 is 0 Å². The maximum absolute atomic E-state index is 12.3. The van der Waals surface area contributed by atoms with Crippen LogP contribution in [0.2, 0.25) is 0 Å². The van der Waals surface area contributed by atoms with E-state index in [9.17, 15) is 38.4 Å². The summed E-state index contributed by atoms with van der Waals surface area (Å²) in [4.78, 5) is 103. The van der Waals surface area contributed by atoms with Gasteiger partial charge in [0.1, 0.15) is 5.60 Å². The molecule has 0 aromatic carbocycles. The Bertz CT molecular complexity index is 1080. The number of hydrogen-bond donors (Lipinski definition) is 0. The molecule has 0 aromatic heterocycles. The molecule has 4 amide bonds. The lowest BCUT2D eigenvalue weighted by Crippen LogP contribution is -2.38. The summed E-state index contributed by atoms with van der Waals surface area (Å²) in [5.41, 5.74) is -1.65. The van der Waals surface area contributed by atoms with Crippen LogP contribution in [0.25, 0.3) is 0 Å². The molecule has 0 aliphatic carbocycles. The Morgan fingerprint density at radius 3 is 1.41 bits per heavy atom. The summed E-state index contributed by atoms with van der Waals surface area (Å²) in [5, 5.41) is 0.977. The smallest absolute Gasteiger partial charge is 0.333 e. The van der Waals surface area contributed by atoms with Gasteiger partial charge in [-0.3, -0.25) is 28.8 Å². The molecule has 44 heavy (non-hydrogen) atoms. The first-order chi connectivity index (χ1) is 20.6. The zero-order valence-corrected chi connectivity index (χ0v) is 25.8. The topological polar surface area (TPSA) is 189 Å². The first kappa shape index (κ1) is 36.3. The average molecular weight is 627 g/mol. The molecule has 2 aliphatic rings. The Labute approximate surface area is 255 Å². The minimum atomic E-state index is -0.947. The lowest BCUT2D eigenvalue weighted by molar-refractivity contribution is -0.197. The predicted molar refractivity (Wildman–Crippen MR) is 147 cm³/mol. The van der Waals surface area contributed by atoms with Gasteiger partial charge in [-0.05, 0) is 53.4 Å². The predicted octanol–water partition coefficient (Wildman–Crippen LogP) is 2.37. The van der Waals surface area contributed by atoms with E-state index in [1.807, 2.05) is 13.8 Å². The minimum Gasteiger partial charge on any atom is -0.466 e. The maximum atomic E-state index is 12.3. The van der Waals surface area contributed by atoms with Gasteiger partial charge in [0.15, 0.2) is 0 Å². The Hall–Kier alpha value is -3.88. The van der Waals surface area contributed by atoms with Crippen LogP contribution in [0.3, 0.4) is 0 Å². The standard InChI is InChI=1S/C29H42N2O13/c1-28(2,17-18-40-24(36)9-5-7-11-26(38)43-30-20(32)13-14-21(30)33)41-19-29(3,4)42-25(37)10-6-8-12-27(39)44-31-22(34)15-16-23(31)35/h5-19H2,1-4H3. The van der Waals surface area contributed by atoms with Crippen LogP contribution in [0.15, 0.2) is 0 Å². The van der Waals surface area contributed by atoms with Crippen molar-refractivity contribution < 1.29 is 62.2 Å². The number of unbranched alkanes of at least 4 members (excludes halogenated alkanes) is 2. The van der Waals surface area contributed by atoms with Crippen molar-refractivity contribution in [1.82, 2.24) is 10.1 Å². The molecule has 15 heteroatoms. The lowest BCUT2D eigenvalue weighted by atomic mass is 10.0. The summed E-state index contributed by atoms with van der Waals surface area (Å²) in [7, 11) is 0. The third-order valence-electron chi connectivity index (χ3n) is 6.59. The maximum Gasteiger partial charge on any atom is 0.333 e. The Kier molecular flexibility index (Phi) is 13.9. The molecule has 0 bridgehead atoms. The van der Waals surface area contributed by atoms with Gasteiger partial charge in [-0.2, -0.15) is 0 Å². The third-order valence-corrected chi connectivity index (χ3v) is 6.59. The minimum absolute atomic E-state index is 0.0162. The quantitative estimate of drug-likeness (QED) is 0.115. The lowest BCUT2D eigenvalue weighted by Gasteiger charge is -2.31. The molecule has 0 atom stereocenters. The van der Waals surface area contributed by atoms with Crippen molar-refractivity contribution >= 4 is 47.5 Å². The van der Waals surface area contributed by atoms with E-state index in [-0.39, 0.29) is 64.6 Å². The van der Waals surface area contributed by atoms with Crippen molar-refractivity contribution in [2.75, 3.05) is 13.2 Å². The number of carbonyl (C=O) groups excluding carboxylic acids is 8. The number of hydrogen-bond acceptors (Lipinski definition) is 13. The number of esters is 2. The van der Waals surface area contributed by atoms with Crippen LogP contribution in [0, 0.1) is 0 Å². The van der Waals surface area contributed by atoms with Crippen LogP contribution in [0.4, 0.5) is 0 Å². The molecular weight excluding hydrogens is 584 g/mol. The largest absolute Gasteiger partial charge is 0.466 e. The number of amides is 4. The molecule has 15 nitrogen and oxygen atoms in total. The molecule has 2 fully saturated rings. The van der Waals surface area contributed by atoms with E-state index in [2.05, 4.69) is 0 Å². The first-order valence-corrected chi connectivity index (χ1v) is 14.7. The molecule has 0 radical (unpaired) electrons. The van der Waals surface area contributed by atoms with E-state index in [1.165, 1.54) is 0 Å². The van der Waals surface area contributed by atoms with Crippen LogP contribution in [0.5, 0.6) is 0 Å². The summed E-state index contributed by atoms with van der Waals surface area (Å²) < 4.78 is 16.7. The highest BCUT2D eigenvalue weighted by atomic mass is 16.7. The number of rotatable bonds is 19. The van der Waals surface area contributed by atoms with Gasteiger partial charge in [0.25, 0.3) is 23.6 Å². The number of nitrogens with zero attached hydrogens (tertiary/aromatic N) is 2. The first-order valence-electron chi connectivity index (χ1n) is 14.7. The van der Waals surface area contributed by atoms with Crippen molar-refractivity contribution in [3.05, 3.63) is 0 Å². The summed E-state index contributed by atoms with van der Waals surface area (Å²) in [6.45, 7) is 7.17. The highest BCUT2D eigenvalue weighted by molar-refractivity contribution is 6.02. The summed E-state index contributed by atoms with van der Waals surface area (Å²) in [6.07, 6.45) is 1.80. The SMILES string of the molecule is CC(C)(CCOC(=O)CCCCC(=O)ON1C(=O)CCC1=O)OCC(C)(C)OC(=O)CCCCC(=O)ON1C(=O)CCC1=O. The Morgan fingerprint density at radius 2 is 0.977 bits per heavy atom. The Balaban J connectivity index is 1.54. The van der Waals surface area contributed by atoms with E-state index >= 15 is 0 Å². The van der Waals surface area contributed by atoms with Crippen LogP contribution in [-0.2, 0) is 62.2 Å². The molecular formula is C29H42N2O13. The molecule has 0 spiro atoms. The van der Waals surface area contributed by atoms with Crippen molar-refractivity contribution in [3.63, 3.8) is 0 Å². The fourth-order valence-corrected chi connectivity index (χ4v) is 4.00. The zero-order valence-electron chi connectivity index (χ0n) is 25.8. The monoisotopic (exact) mass is 626 g/mol. The number of imide groups is 2. The molecule has 2 rings (SSSR count). The van der Waals surface area contributed by atoms with E-state index in [0.29, 0.717) is 42.2 Å². The molecule has 0 N–H and O–H groups in total. The molecule has 0 saturated carbocycles. The highest BCUT2D eigenvalue weighted by Gasteiger charge is 2.34. The third kappa shape index (κ3) is 13.2. The van der Waals surface area contributed by atoms with Crippen molar-refractivity contribution in [2.45, 2.75) is 122 Å². The van der Waals surface area contributed by atoms with Gasteiger partial charge >= 0.3 is 23.9 Å². The number of ether oxygens (including phenoxy) is 3. The summed E-state index contributed by atoms with van der Waals surface area (Å²) in [5.74, 6) is -4.57. The van der Waals surface area contributed by atoms with Crippen molar-refractivity contribution in [2.24, 2.45) is 0 Å². The molecule has 2 heterocycles. The zero-order chi connectivity index (χ0) is 32.9. The summed E-state index contributed by atoms with van der Waals surface area (Å²) >= 11 is 0. The number of hydroxylamine groups is 4. The Morgan fingerprint density at radius 1 is 0.591 bits per heavy atom. The number of carbonyl (C=O) groups is 8. The van der Waals surface area contributed by atoms with E-state index < -0.39 is 58.7 Å². The van der Waals surface area contributed by atoms with E-state index in [1.54, 1.807) is 13.8 Å². The van der Waals surface area contributed by atoms with Gasteiger partial charge in [-0.15, -0.1) is 10.1 Å².